The number of aromatic carboxylic acids is 1. The molecule has 23 heavy (non-hydrogen) atoms. The number of hydrogen-bond donors (Lipinski definition) is 1. The van der Waals surface area contributed by atoms with Crippen molar-refractivity contribution in [3.63, 3.8) is 0 Å². The fraction of sp³-hybridized carbons (Fsp3) is 0.267. The molecule has 8 heteroatoms. The quantitative estimate of drug-likeness (QED) is 0.888. The summed E-state index contributed by atoms with van der Waals surface area (Å²) in [6.45, 7) is 2.91. The molecule has 0 atom stereocenters. The highest BCUT2D eigenvalue weighted by atomic mass is 35.5. The average molecular weight is 358 g/mol. The lowest BCUT2D eigenvalue weighted by Gasteiger charge is -2.17. The first kappa shape index (κ1) is 17.5. The van der Waals surface area contributed by atoms with Gasteiger partial charge >= 0.3 is 5.97 Å². The zero-order valence-electron chi connectivity index (χ0n) is 12.8. The van der Waals surface area contributed by atoms with Gasteiger partial charge in [-0.2, -0.15) is 4.31 Å². The Labute approximate surface area is 139 Å². The van der Waals surface area contributed by atoms with Gasteiger partial charge in [-0.15, -0.1) is 0 Å². The van der Waals surface area contributed by atoms with Crippen molar-refractivity contribution in [3.8, 4) is 0 Å². The fourth-order valence-electron chi connectivity index (χ4n) is 2.35. The number of carboxylic acid groups (broad SMARTS) is 1. The van der Waals surface area contributed by atoms with Crippen LogP contribution in [0.5, 0.6) is 0 Å². The van der Waals surface area contributed by atoms with Gasteiger partial charge in [-0.05, 0) is 31.5 Å². The minimum Gasteiger partial charge on any atom is -0.478 e. The van der Waals surface area contributed by atoms with Crippen LogP contribution < -0.4 is 0 Å². The normalized spacial score (nSPS) is 11.9. The number of halogens is 1. The molecule has 1 heterocycles. The van der Waals surface area contributed by atoms with E-state index in [0.29, 0.717) is 10.6 Å². The lowest BCUT2D eigenvalue weighted by molar-refractivity contribution is 0.0691. The molecule has 0 aliphatic heterocycles. The molecule has 0 fully saturated rings. The van der Waals surface area contributed by atoms with E-state index in [2.05, 4.69) is 0 Å². The minimum atomic E-state index is -4.02. The third kappa shape index (κ3) is 3.41. The number of nitrogens with zero attached hydrogens (tertiary/aromatic N) is 1. The van der Waals surface area contributed by atoms with Crippen LogP contribution in [0.3, 0.4) is 0 Å². The summed E-state index contributed by atoms with van der Waals surface area (Å²) in [6.07, 6.45) is 0. The van der Waals surface area contributed by atoms with Gasteiger partial charge in [-0.1, -0.05) is 23.7 Å². The predicted molar refractivity (Wildman–Crippen MR) is 85.2 cm³/mol. The van der Waals surface area contributed by atoms with E-state index in [1.54, 1.807) is 24.3 Å². The first-order valence-corrected chi connectivity index (χ1v) is 8.50. The molecule has 6 nitrogen and oxygen atoms in total. The largest absolute Gasteiger partial charge is 0.478 e. The van der Waals surface area contributed by atoms with E-state index >= 15 is 0 Å². The first-order chi connectivity index (χ1) is 10.6. The average Bonchev–Trinajstić information content (AvgIpc) is 2.74. The van der Waals surface area contributed by atoms with E-state index in [9.17, 15) is 18.3 Å². The SMILES string of the molecule is Cc1oc(C)c(S(=O)(=O)N(C)Cc2cccc(Cl)c2)c1C(=O)O. The maximum Gasteiger partial charge on any atom is 0.340 e. The van der Waals surface area contributed by atoms with Gasteiger partial charge in [-0.3, -0.25) is 0 Å². The molecule has 2 aromatic rings. The van der Waals surface area contributed by atoms with E-state index in [1.807, 2.05) is 0 Å². The zero-order valence-corrected chi connectivity index (χ0v) is 14.4. The van der Waals surface area contributed by atoms with Gasteiger partial charge in [0.05, 0.1) is 0 Å². The fourth-order valence-corrected chi connectivity index (χ4v) is 4.09. The number of carboxylic acids is 1. The molecule has 2 rings (SSSR count). The van der Waals surface area contributed by atoms with Crippen LogP contribution in [-0.4, -0.2) is 30.8 Å². The molecule has 0 aliphatic carbocycles. The highest BCUT2D eigenvalue weighted by molar-refractivity contribution is 7.89. The van der Waals surface area contributed by atoms with Gasteiger partial charge in [-0.25, -0.2) is 13.2 Å². The smallest absolute Gasteiger partial charge is 0.340 e. The first-order valence-electron chi connectivity index (χ1n) is 6.68. The molecule has 124 valence electrons. The number of sulfonamides is 1. The van der Waals surface area contributed by atoms with Gasteiger partial charge in [0.25, 0.3) is 0 Å². The van der Waals surface area contributed by atoms with Gasteiger partial charge in [0.15, 0.2) is 0 Å². The molecule has 1 aromatic carbocycles. The summed E-state index contributed by atoms with van der Waals surface area (Å²) in [5, 5.41) is 9.77. The second kappa shape index (κ2) is 6.35. The third-order valence-electron chi connectivity index (χ3n) is 3.38. The van der Waals surface area contributed by atoms with Gasteiger partial charge in [0, 0.05) is 18.6 Å². The van der Waals surface area contributed by atoms with Crippen molar-refractivity contribution in [1.29, 1.82) is 0 Å². The highest BCUT2D eigenvalue weighted by Gasteiger charge is 2.33. The van der Waals surface area contributed by atoms with E-state index in [0.717, 1.165) is 4.31 Å². The monoisotopic (exact) mass is 357 g/mol. The maximum atomic E-state index is 12.8. The van der Waals surface area contributed by atoms with Gasteiger partial charge in [0.1, 0.15) is 22.0 Å². The molecule has 0 aliphatic rings. The van der Waals surface area contributed by atoms with Crippen molar-refractivity contribution < 1.29 is 22.7 Å². The van der Waals surface area contributed by atoms with Crippen LogP contribution in [0.15, 0.2) is 33.6 Å². The van der Waals surface area contributed by atoms with Crippen molar-refractivity contribution in [3.05, 3.63) is 51.9 Å². The summed E-state index contributed by atoms with van der Waals surface area (Å²) in [5.74, 6) is -1.23. The number of benzene rings is 1. The summed E-state index contributed by atoms with van der Waals surface area (Å²) < 4.78 is 31.8. The molecular formula is C15H16ClNO5S. The Kier molecular flexibility index (Phi) is 4.84. The Morgan fingerprint density at radius 1 is 1.30 bits per heavy atom. The number of rotatable bonds is 5. The van der Waals surface area contributed by atoms with E-state index in [1.165, 1.54) is 20.9 Å². The Morgan fingerprint density at radius 2 is 1.96 bits per heavy atom. The molecule has 0 spiro atoms. The number of aryl methyl sites for hydroxylation is 2. The third-order valence-corrected chi connectivity index (χ3v) is 5.57. The Morgan fingerprint density at radius 3 is 2.52 bits per heavy atom. The van der Waals surface area contributed by atoms with Crippen LogP contribution in [-0.2, 0) is 16.6 Å². The lowest BCUT2D eigenvalue weighted by Crippen LogP contribution is -2.28. The van der Waals surface area contributed by atoms with Crippen molar-refractivity contribution in [2.75, 3.05) is 7.05 Å². The predicted octanol–water partition coefficient (Wildman–Crippen LogP) is 3.07. The van der Waals surface area contributed by atoms with Crippen molar-refractivity contribution in [2.24, 2.45) is 0 Å². The minimum absolute atomic E-state index is 0.0536. The zero-order chi connectivity index (χ0) is 17.4. The summed E-state index contributed by atoms with van der Waals surface area (Å²) in [4.78, 5) is 11.1. The Bertz CT molecular complexity index is 857. The van der Waals surface area contributed by atoms with Gasteiger partial charge < -0.3 is 9.52 Å². The number of hydrogen-bond acceptors (Lipinski definition) is 4. The van der Waals surface area contributed by atoms with Crippen LogP contribution in [0, 0.1) is 13.8 Å². The molecule has 1 aromatic heterocycles. The highest BCUT2D eigenvalue weighted by Crippen LogP contribution is 2.29. The van der Waals surface area contributed by atoms with Crippen LogP contribution >= 0.6 is 11.6 Å². The summed E-state index contributed by atoms with van der Waals surface area (Å²) in [6, 6.07) is 6.79. The number of carbonyl (C=O) groups is 1. The lowest BCUT2D eigenvalue weighted by atomic mass is 10.2. The standard InChI is InChI=1S/C15H16ClNO5S/c1-9-13(15(18)19)14(10(2)22-9)23(20,21)17(3)8-11-5-4-6-12(16)7-11/h4-7H,8H2,1-3H3,(H,18,19). The van der Waals surface area contributed by atoms with Crippen LogP contribution in [0.4, 0.5) is 0 Å². The Balaban J connectivity index is 2.44. The van der Waals surface area contributed by atoms with Crippen LogP contribution in [0.2, 0.25) is 5.02 Å². The summed E-state index contributed by atoms with van der Waals surface area (Å²) >= 11 is 5.89. The van der Waals surface area contributed by atoms with Crippen LogP contribution in [0.1, 0.15) is 27.4 Å². The van der Waals surface area contributed by atoms with E-state index in [4.69, 9.17) is 16.0 Å². The molecular weight excluding hydrogens is 342 g/mol. The molecule has 0 unspecified atom stereocenters. The molecule has 1 N–H and O–H groups in total. The molecule has 0 saturated heterocycles. The number of furan rings is 1. The van der Waals surface area contributed by atoms with Crippen molar-refractivity contribution in [2.45, 2.75) is 25.3 Å². The molecule has 0 saturated carbocycles. The van der Waals surface area contributed by atoms with E-state index < -0.39 is 16.0 Å². The summed E-state index contributed by atoms with van der Waals surface area (Å²) in [7, 11) is -2.64. The second-order valence-electron chi connectivity index (χ2n) is 5.11. The Hall–Kier alpha value is -1.83. The summed E-state index contributed by atoms with van der Waals surface area (Å²) in [5.41, 5.74) is 0.360. The van der Waals surface area contributed by atoms with Crippen molar-refractivity contribution in [1.82, 2.24) is 4.31 Å². The maximum absolute atomic E-state index is 12.8. The molecule has 0 bridgehead atoms. The molecule has 0 radical (unpaired) electrons. The van der Waals surface area contributed by atoms with Crippen molar-refractivity contribution >= 4 is 27.6 Å². The van der Waals surface area contributed by atoms with E-state index in [-0.39, 0.29) is 28.5 Å². The molecule has 0 amide bonds. The van der Waals surface area contributed by atoms with Crippen LogP contribution in [0.25, 0.3) is 0 Å². The van der Waals surface area contributed by atoms with Gasteiger partial charge in [0.2, 0.25) is 10.0 Å². The topological polar surface area (TPSA) is 87.8 Å². The second-order valence-corrected chi connectivity index (χ2v) is 7.53.